The van der Waals surface area contributed by atoms with Crippen molar-refractivity contribution in [1.82, 2.24) is 24.5 Å². The van der Waals surface area contributed by atoms with Crippen LogP contribution in [0.1, 0.15) is 24.5 Å². The number of piperazine rings is 1. The van der Waals surface area contributed by atoms with Gasteiger partial charge in [-0.05, 0) is 49.6 Å². The van der Waals surface area contributed by atoms with Crippen LogP contribution in [-0.2, 0) is 6.54 Å². The Morgan fingerprint density at radius 2 is 1.91 bits per heavy atom. The summed E-state index contributed by atoms with van der Waals surface area (Å²) in [5.41, 5.74) is 6.85. The van der Waals surface area contributed by atoms with Crippen molar-refractivity contribution in [2.45, 2.75) is 38.9 Å². The maximum atomic E-state index is 5.18. The lowest BCUT2D eigenvalue weighted by molar-refractivity contribution is -0.00876. The largest absolute Gasteiger partial charge is 0.481 e. The first-order chi connectivity index (χ1) is 17.1. The minimum atomic E-state index is 0.559. The molecule has 0 aromatic carbocycles. The standard InChI is InChI=1S/C27H31N7O/c1-4-28-21-9-24(27-18(2)11-31-34(27)15-21)20-6-7-25(29-13-20)32-16-22-10-23(17-32)33(22)14-19-5-8-26(35-3)30-12-19/h5-9,11-13,15,22-23,28H,4,10,14,16-17H2,1-3H3. The summed E-state index contributed by atoms with van der Waals surface area (Å²) in [6, 6.07) is 11.7. The Bertz CT molecular complexity index is 1320. The van der Waals surface area contributed by atoms with Gasteiger partial charge >= 0.3 is 0 Å². The number of methoxy groups -OCH3 is 1. The van der Waals surface area contributed by atoms with E-state index in [4.69, 9.17) is 9.72 Å². The van der Waals surface area contributed by atoms with Gasteiger partial charge in [0.2, 0.25) is 5.88 Å². The van der Waals surface area contributed by atoms with Gasteiger partial charge < -0.3 is 15.0 Å². The fourth-order valence-corrected chi connectivity index (χ4v) is 5.50. The Morgan fingerprint density at radius 3 is 2.60 bits per heavy atom. The predicted octanol–water partition coefficient (Wildman–Crippen LogP) is 4.00. The molecule has 7 rings (SSSR count). The van der Waals surface area contributed by atoms with Crippen LogP contribution in [0, 0.1) is 6.92 Å². The average Bonchev–Trinajstić information content (AvgIpc) is 3.28. The Balaban J connectivity index is 1.18. The van der Waals surface area contributed by atoms with Gasteiger partial charge in [-0.25, -0.2) is 14.5 Å². The summed E-state index contributed by atoms with van der Waals surface area (Å²) in [4.78, 5) is 14.3. The highest BCUT2D eigenvalue weighted by atomic mass is 16.5. The lowest BCUT2D eigenvalue weighted by Gasteiger charge is -2.56. The monoisotopic (exact) mass is 469 g/mol. The van der Waals surface area contributed by atoms with E-state index in [1.54, 1.807) is 7.11 Å². The number of piperidine rings is 1. The Labute approximate surface area is 205 Å². The Kier molecular flexibility index (Phi) is 5.53. The van der Waals surface area contributed by atoms with Crippen molar-refractivity contribution in [3.63, 3.8) is 0 Å². The highest BCUT2D eigenvalue weighted by Crippen LogP contribution is 2.36. The van der Waals surface area contributed by atoms with Gasteiger partial charge in [0.15, 0.2) is 0 Å². The van der Waals surface area contributed by atoms with Crippen molar-refractivity contribution in [2.75, 3.05) is 37.0 Å². The summed E-state index contributed by atoms with van der Waals surface area (Å²) in [6.45, 7) is 8.03. The average molecular weight is 470 g/mol. The molecule has 0 aliphatic carbocycles. The highest BCUT2D eigenvalue weighted by molar-refractivity contribution is 5.84. The molecule has 8 heteroatoms. The number of fused-ring (bicyclic) bond motifs is 3. The SMILES string of the molecule is CCNc1cc(-c2ccc(N3CC4CC(C3)N4Cc3ccc(OC)nc3)nc2)c2c(C)cnn2c1. The zero-order chi connectivity index (χ0) is 23.9. The predicted molar refractivity (Wildman–Crippen MR) is 138 cm³/mol. The molecule has 3 aliphatic rings. The van der Waals surface area contributed by atoms with Crippen molar-refractivity contribution in [3.05, 3.63) is 66.2 Å². The molecule has 0 saturated carbocycles. The number of aromatic nitrogens is 4. The second-order valence-electron chi connectivity index (χ2n) is 9.53. The van der Waals surface area contributed by atoms with E-state index in [2.05, 4.69) is 63.3 Å². The van der Waals surface area contributed by atoms with Crippen molar-refractivity contribution in [3.8, 4) is 17.0 Å². The molecule has 2 bridgehead atoms. The van der Waals surface area contributed by atoms with E-state index in [1.165, 1.54) is 12.0 Å². The lowest BCUT2D eigenvalue weighted by Crippen LogP contribution is -2.68. The van der Waals surface area contributed by atoms with Crippen LogP contribution in [0.3, 0.4) is 0 Å². The molecule has 2 unspecified atom stereocenters. The van der Waals surface area contributed by atoms with Gasteiger partial charge in [-0.1, -0.05) is 6.07 Å². The van der Waals surface area contributed by atoms with Gasteiger partial charge in [-0.3, -0.25) is 4.90 Å². The molecule has 4 aromatic rings. The van der Waals surface area contributed by atoms with E-state index < -0.39 is 0 Å². The maximum absolute atomic E-state index is 5.18. The second-order valence-corrected chi connectivity index (χ2v) is 9.53. The zero-order valence-corrected chi connectivity index (χ0v) is 20.5. The molecule has 7 heterocycles. The minimum Gasteiger partial charge on any atom is -0.481 e. The van der Waals surface area contributed by atoms with Gasteiger partial charge in [-0.2, -0.15) is 5.10 Å². The summed E-state index contributed by atoms with van der Waals surface area (Å²) >= 11 is 0. The zero-order valence-electron chi connectivity index (χ0n) is 20.5. The molecular weight excluding hydrogens is 438 g/mol. The lowest BCUT2D eigenvalue weighted by atomic mass is 9.87. The van der Waals surface area contributed by atoms with E-state index in [0.29, 0.717) is 18.0 Å². The maximum Gasteiger partial charge on any atom is 0.212 e. The first kappa shape index (κ1) is 21.9. The van der Waals surface area contributed by atoms with E-state index in [0.717, 1.165) is 59.9 Å². The summed E-state index contributed by atoms with van der Waals surface area (Å²) in [5, 5.41) is 7.95. The molecule has 3 fully saturated rings. The Hall–Kier alpha value is -3.65. The third-order valence-electron chi connectivity index (χ3n) is 7.27. The summed E-state index contributed by atoms with van der Waals surface area (Å²) in [7, 11) is 1.65. The van der Waals surface area contributed by atoms with Crippen LogP contribution >= 0.6 is 0 Å². The minimum absolute atomic E-state index is 0.559. The quantitative estimate of drug-likeness (QED) is 0.439. The topological polar surface area (TPSA) is 70.8 Å². The van der Waals surface area contributed by atoms with E-state index in [9.17, 15) is 0 Å². The Morgan fingerprint density at radius 1 is 1.06 bits per heavy atom. The number of hydrogen-bond donors (Lipinski definition) is 1. The van der Waals surface area contributed by atoms with E-state index in [1.807, 2.05) is 35.4 Å². The molecule has 0 spiro atoms. The van der Waals surface area contributed by atoms with Gasteiger partial charge in [0.1, 0.15) is 5.82 Å². The number of nitrogens with zero attached hydrogens (tertiary/aromatic N) is 6. The van der Waals surface area contributed by atoms with Gasteiger partial charge in [0.05, 0.1) is 30.7 Å². The van der Waals surface area contributed by atoms with Crippen LogP contribution in [0.2, 0.25) is 0 Å². The molecule has 2 atom stereocenters. The second kappa shape index (κ2) is 8.85. The van der Waals surface area contributed by atoms with E-state index in [-0.39, 0.29) is 0 Å². The number of nitrogens with one attached hydrogen (secondary N) is 1. The van der Waals surface area contributed by atoms with Gasteiger partial charge in [-0.15, -0.1) is 0 Å². The van der Waals surface area contributed by atoms with Gasteiger partial charge in [0.25, 0.3) is 0 Å². The number of ether oxygens (including phenoxy) is 1. The third kappa shape index (κ3) is 3.97. The summed E-state index contributed by atoms with van der Waals surface area (Å²) < 4.78 is 7.14. The molecule has 8 nitrogen and oxygen atoms in total. The van der Waals surface area contributed by atoms with Crippen LogP contribution in [-0.4, -0.2) is 63.3 Å². The van der Waals surface area contributed by atoms with Crippen molar-refractivity contribution in [1.29, 1.82) is 0 Å². The van der Waals surface area contributed by atoms with Gasteiger partial charge in [0, 0.05) is 67.8 Å². The number of rotatable bonds is 7. The number of pyridine rings is 3. The molecule has 35 heavy (non-hydrogen) atoms. The normalized spacial score (nSPS) is 19.6. The molecule has 4 aromatic heterocycles. The fourth-order valence-electron chi connectivity index (χ4n) is 5.50. The fraction of sp³-hybridized carbons (Fsp3) is 0.370. The molecule has 1 N–H and O–H groups in total. The molecule has 180 valence electrons. The van der Waals surface area contributed by atoms with Crippen molar-refractivity contribution >= 4 is 17.0 Å². The molecule has 0 radical (unpaired) electrons. The van der Waals surface area contributed by atoms with E-state index >= 15 is 0 Å². The van der Waals surface area contributed by atoms with Crippen LogP contribution in [0.4, 0.5) is 11.5 Å². The van der Waals surface area contributed by atoms with Crippen LogP contribution < -0.4 is 15.0 Å². The molecule has 3 aliphatic heterocycles. The number of aryl methyl sites for hydroxylation is 1. The first-order valence-corrected chi connectivity index (χ1v) is 12.3. The summed E-state index contributed by atoms with van der Waals surface area (Å²) in [6.07, 6.45) is 9.16. The number of hydrogen-bond acceptors (Lipinski definition) is 7. The van der Waals surface area contributed by atoms with Crippen LogP contribution in [0.15, 0.2) is 55.1 Å². The van der Waals surface area contributed by atoms with Crippen molar-refractivity contribution in [2.24, 2.45) is 0 Å². The molecule has 0 amide bonds. The van der Waals surface area contributed by atoms with Crippen LogP contribution in [0.25, 0.3) is 16.6 Å². The van der Waals surface area contributed by atoms with Crippen molar-refractivity contribution < 1.29 is 4.74 Å². The number of anilines is 2. The third-order valence-corrected chi connectivity index (χ3v) is 7.27. The highest BCUT2D eigenvalue weighted by Gasteiger charge is 2.44. The summed E-state index contributed by atoms with van der Waals surface area (Å²) in [5.74, 6) is 1.72. The smallest absolute Gasteiger partial charge is 0.212 e. The molecular formula is C27H31N7O. The first-order valence-electron chi connectivity index (χ1n) is 12.3. The van der Waals surface area contributed by atoms with Crippen LogP contribution in [0.5, 0.6) is 5.88 Å². The molecule has 3 saturated heterocycles.